The van der Waals surface area contributed by atoms with E-state index in [1.54, 1.807) is 0 Å². The summed E-state index contributed by atoms with van der Waals surface area (Å²) in [4.78, 5) is 36.6. The molecule has 1 aromatic carbocycles. The van der Waals surface area contributed by atoms with E-state index >= 15 is 0 Å². The molecule has 0 saturated carbocycles. The number of nitro groups is 1. The van der Waals surface area contributed by atoms with Crippen LogP contribution in [0.4, 0.5) is 11.4 Å². The Morgan fingerprint density at radius 2 is 2.04 bits per heavy atom. The number of nitrogens with zero attached hydrogens (tertiary/aromatic N) is 1. The molecule has 0 fully saturated rings. The minimum absolute atomic E-state index is 0.0883. The largest absolute Gasteiger partial charge is 0.448 e. The maximum atomic E-state index is 12.3. The number of aryl methyl sites for hydroxylation is 2. The molecule has 27 heavy (non-hydrogen) atoms. The third-order valence-electron chi connectivity index (χ3n) is 4.27. The van der Waals surface area contributed by atoms with Crippen molar-refractivity contribution in [2.45, 2.75) is 38.7 Å². The molecule has 1 amide bonds. The molecular formula is C18H17ClN2O5S. The van der Waals surface area contributed by atoms with Crippen LogP contribution in [-0.4, -0.2) is 22.9 Å². The number of nitrogens with one attached hydrogen (secondary N) is 1. The van der Waals surface area contributed by atoms with Crippen molar-refractivity contribution in [3.63, 3.8) is 0 Å². The number of carbonyl (C=O) groups excluding carboxylic acids is 2. The summed E-state index contributed by atoms with van der Waals surface area (Å²) >= 11 is 7.37. The highest BCUT2D eigenvalue weighted by Gasteiger charge is 2.23. The van der Waals surface area contributed by atoms with Gasteiger partial charge in [0, 0.05) is 17.0 Å². The monoisotopic (exact) mass is 408 g/mol. The Morgan fingerprint density at radius 3 is 2.74 bits per heavy atom. The molecule has 2 aromatic rings. The first kappa shape index (κ1) is 19.3. The number of anilines is 1. The van der Waals surface area contributed by atoms with Crippen molar-refractivity contribution >= 4 is 46.2 Å². The molecule has 1 aliphatic rings. The lowest BCUT2D eigenvalue weighted by atomic mass is 9.99. The molecule has 1 heterocycles. The number of fused-ring (bicyclic) bond motifs is 1. The number of ether oxygens (including phenoxy) is 1. The van der Waals surface area contributed by atoms with E-state index in [4.69, 9.17) is 16.3 Å². The van der Waals surface area contributed by atoms with Crippen molar-refractivity contribution in [2.75, 3.05) is 5.32 Å². The fourth-order valence-corrected chi connectivity index (χ4v) is 4.12. The second-order valence-electron chi connectivity index (χ2n) is 6.22. The summed E-state index contributed by atoms with van der Waals surface area (Å²) < 4.78 is 5.25. The lowest BCUT2D eigenvalue weighted by Gasteiger charge is -2.13. The normalized spacial score (nSPS) is 14.1. The van der Waals surface area contributed by atoms with Crippen LogP contribution in [0.15, 0.2) is 24.3 Å². The van der Waals surface area contributed by atoms with Crippen molar-refractivity contribution in [1.29, 1.82) is 0 Å². The quantitative estimate of drug-likeness (QED) is 0.450. The Bertz CT molecular complexity index is 888. The lowest BCUT2D eigenvalue weighted by Crippen LogP contribution is -2.29. The molecule has 1 atom stereocenters. The van der Waals surface area contributed by atoms with Gasteiger partial charge < -0.3 is 10.1 Å². The second-order valence-corrected chi connectivity index (χ2v) is 7.77. The van der Waals surface area contributed by atoms with Gasteiger partial charge in [0.2, 0.25) is 0 Å². The van der Waals surface area contributed by atoms with E-state index in [2.05, 4.69) is 5.32 Å². The summed E-state index contributed by atoms with van der Waals surface area (Å²) in [5.74, 6) is -1.17. The number of esters is 1. The van der Waals surface area contributed by atoms with E-state index in [9.17, 15) is 19.7 Å². The molecular weight excluding hydrogens is 392 g/mol. The minimum atomic E-state index is -1.08. The maximum absolute atomic E-state index is 12.3. The van der Waals surface area contributed by atoms with Crippen LogP contribution in [0.25, 0.3) is 0 Å². The molecule has 7 nitrogen and oxygen atoms in total. The molecule has 1 aliphatic carbocycles. The molecule has 1 unspecified atom stereocenters. The van der Waals surface area contributed by atoms with Gasteiger partial charge in [-0.3, -0.25) is 14.9 Å². The van der Waals surface area contributed by atoms with E-state index in [0.717, 1.165) is 31.7 Å². The van der Waals surface area contributed by atoms with E-state index in [1.807, 2.05) is 6.07 Å². The Hall–Kier alpha value is -2.45. The third-order valence-corrected chi connectivity index (χ3v) is 5.82. The zero-order chi connectivity index (χ0) is 19.6. The third kappa shape index (κ3) is 4.45. The van der Waals surface area contributed by atoms with Gasteiger partial charge in [-0.1, -0.05) is 11.6 Å². The lowest BCUT2D eigenvalue weighted by molar-refractivity contribution is -0.384. The summed E-state index contributed by atoms with van der Waals surface area (Å²) in [6.45, 7) is 1.44. The van der Waals surface area contributed by atoms with Gasteiger partial charge in [-0.25, -0.2) is 4.79 Å². The minimum Gasteiger partial charge on any atom is -0.448 e. The van der Waals surface area contributed by atoms with Crippen LogP contribution in [0.1, 0.15) is 39.9 Å². The Morgan fingerprint density at radius 1 is 1.30 bits per heavy atom. The predicted octanol–water partition coefficient (Wildman–Crippen LogP) is 4.37. The molecule has 1 aromatic heterocycles. The highest BCUT2D eigenvalue weighted by molar-refractivity contribution is 7.14. The van der Waals surface area contributed by atoms with Gasteiger partial charge in [0.05, 0.1) is 15.6 Å². The maximum Gasteiger partial charge on any atom is 0.349 e. The summed E-state index contributed by atoms with van der Waals surface area (Å²) in [7, 11) is 0. The highest BCUT2D eigenvalue weighted by Crippen LogP contribution is 2.30. The van der Waals surface area contributed by atoms with Crippen LogP contribution in [0.5, 0.6) is 0 Å². The number of carbonyl (C=O) groups is 2. The number of benzene rings is 1. The fraction of sp³-hybridized carbons (Fsp3) is 0.333. The fourth-order valence-electron chi connectivity index (χ4n) is 2.82. The van der Waals surface area contributed by atoms with Crippen LogP contribution in [-0.2, 0) is 22.4 Å². The average Bonchev–Trinajstić information content (AvgIpc) is 3.07. The van der Waals surface area contributed by atoms with Crippen molar-refractivity contribution in [1.82, 2.24) is 0 Å². The number of halogens is 1. The molecule has 0 radical (unpaired) electrons. The summed E-state index contributed by atoms with van der Waals surface area (Å²) in [6, 6.07) is 5.55. The molecule has 3 rings (SSSR count). The molecule has 142 valence electrons. The molecule has 0 spiro atoms. The summed E-state index contributed by atoms with van der Waals surface area (Å²) in [6.07, 6.45) is 3.08. The first-order chi connectivity index (χ1) is 12.8. The number of nitro benzene ring substituents is 1. The summed E-state index contributed by atoms with van der Waals surface area (Å²) in [5.41, 5.74) is 1.06. The van der Waals surface area contributed by atoms with Crippen molar-refractivity contribution in [3.05, 3.63) is 54.7 Å². The van der Waals surface area contributed by atoms with Gasteiger partial charge in [0.15, 0.2) is 6.10 Å². The summed E-state index contributed by atoms with van der Waals surface area (Å²) in [5, 5.41) is 13.5. The standard InChI is InChI=1S/C18H17ClN2O5S/c1-10(17(22)20-14-9-12(21(24)25)6-7-13(14)19)26-18(23)16-8-11-4-2-3-5-15(11)27-16/h6-10H,2-5H2,1H3,(H,20,22). The first-order valence-corrected chi connectivity index (χ1v) is 9.62. The van der Waals surface area contributed by atoms with E-state index < -0.39 is 22.9 Å². The smallest absolute Gasteiger partial charge is 0.349 e. The number of hydrogen-bond acceptors (Lipinski definition) is 6. The van der Waals surface area contributed by atoms with E-state index in [-0.39, 0.29) is 16.4 Å². The number of thiophene rings is 1. The Balaban J connectivity index is 1.65. The molecule has 0 bridgehead atoms. The van der Waals surface area contributed by atoms with Crippen molar-refractivity contribution in [2.24, 2.45) is 0 Å². The second kappa shape index (κ2) is 8.06. The molecule has 0 aliphatic heterocycles. The number of hydrogen-bond donors (Lipinski definition) is 1. The number of non-ortho nitro benzene ring substituents is 1. The van der Waals surface area contributed by atoms with Crippen molar-refractivity contribution < 1.29 is 19.2 Å². The average molecular weight is 409 g/mol. The molecule has 9 heteroatoms. The van der Waals surface area contributed by atoms with Crippen LogP contribution in [0, 0.1) is 10.1 Å². The first-order valence-electron chi connectivity index (χ1n) is 8.42. The van der Waals surface area contributed by atoms with Crippen molar-refractivity contribution in [3.8, 4) is 0 Å². The molecule has 1 N–H and O–H groups in total. The van der Waals surface area contributed by atoms with Gasteiger partial charge in [0.25, 0.3) is 11.6 Å². The van der Waals surface area contributed by atoms with Gasteiger partial charge in [0.1, 0.15) is 4.88 Å². The van der Waals surface area contributed by atoms with Gasteiger partial charge in [-0.15, -0.1) is 11.3 Å². The van der Waals surface area contributed by atoms with E-state index in [1.165, 1.54) is 40.8 Å². The Kier molecular flexibility index (Phi) is 5.76. The predicted molar refractivity (Wildman–Crippen MR) is 103 cm³/mol. The van der Waals surface area contributed by atoms with Crippen LogP contribution >= 0.6 is 22.9 Å². The number of rotatable bonds is 5. The number of amides is 1. The van der Waals surface area contributed by atoms with E-state index in [0.29, 0.717) is 4.88 Å². The molecule has 0 saturated heterocycles. The van der Waals surface area contributed by atoms with Gasteiger partial charge in [-0.2, -0.15) is 0 Å². The van der Waals surface area contributed by atoms with Crippen LogP contribution < -0.4 is 5.32 Å². The van der Waals surface area contributed by atoms with Crippen LogP contribution in [0.2, 0.25) is 5.02 Å². The zero-order valence-electron chi connectivity index (χ0n) is 14.5. The van der Waals surface area contributed by atoms with Gasteiger partial charge in [-0.05, 0) is 50.3 Å². The zero-order valence-corrected chi connectivity index (χ0v) is 16.1. The van der Waals surface area contributed by atoms with Gasteiger partial charge >= 0.3 is 5.97 Å². The van der Waals surface area contributed by atoms with Crippen LogP contribution in [0.3, 0.4) is 0 Å². The SMILES string of the molecule is CC(OC(=O)c1cc2c(s1)CCCC2)C(=O)Nc1cc([N+](=O)[O-])ccc1Cl. The Labute approximate surface area is 164 Å². The topological polar surface area (TPSA) is 98.5 Å². The highest BCUT2D eigenvalue weighted by atomic mass is 35.5.